The van der Waals surface area contributed by atoms with Crippen LogP contribution in [0.1, 0.15) is 0 Å². The second-order valence-corrected chi connectivity index (χ2v) is 5.10. The van der Waals surface area contributed by atoms with Crippen molar-refractivity contribution in [3.63, 3.8) is 0 Å². The largest absolute Gasteiger partial charge is 0.491 e. The highest BCUT2D eigenvalue weighted by Crippen LogP contribution is 2.16. The summed E-state index contributed by atoms with van der Waals surface area (Å²) in [5.41, 5.74) is 0. The van der Waals surface area contributed by atoms with Crippen LogP contribution >= 0.6 is 15.9 Å². The second-order valence-electron chi connectivity index (χ2n) is 4.19. The number of hydrogen-bond donors (Lipinski definition) is 3. The molecular weight excluding hydrogens is 314 g/mol. The maximum atomic E-state index is 9.70. The molecule has 3 N–H and O–H groups in total. The molecule has 0 aliphatic heterocycles. The van der Waals surface area contributed by atoms with Gasteiger partial charge in [0, 0.05) is 24.7 Å². The first-order chi connectivity index (χ1) is 9.11. The quantitative estimate of drug-likeness (QED) is 0.623. The highest BCUT2D eigenvalue weighted by Gasteiger charge is 2.07. The molecule has 6 heteroatoms. The van der Waals surface area contributed by atoms with Gasteiger partial charge in [0.1, 0.15) is 18.5 Å². The molecule has 1 aromatic carbocycles. The van der Waals surface area contributed by atoms with Crippen molar-refractivity contribution in [3.05, 3.63) is 28.7 Å². The van der Waals surface area contributed by atoms with Gasteiger partial charge < -0.3 is 25.0 Å². The molecule has 0 saturated carbocycles. The Morgan fingerprint density at radius 1 is 1.11 bits per heavy atom. The molecule has 0 aliphatic carbocycles. The van der Waals surface area contributed by atoms with E-state index in [4.69, 9.17) is 9.47 Å². The van der Waals surface area contributed by atoms with Crippen LogP contribution in [0.3, 0.4) is 0 Å². The van der Waals surface area contributed by atoms with E-state index >= 15 is 0 Å². The van der Waals surface area contributed by atoms with Gasteiger partial charge in [0.2, 0.25) is 0 Å². The number of halogens is 1. The van der Waals surface area contributed by atoms with E-state index in [-0.39, 0.29) is 13.2 Å². The molecule has 2 unspecified atom stereocenters. The third-order valence-corrected chi connectivity index (χ3v) is 2.90. The monoisotopic (exact) mass is 333 g/mol. The van der Waals surface area contributed by atoms with Crippen molar-refractivity contribution in [2.75, 3.05) is 33.4 Å². The van der Waals surface area contributed by atoms with E-state index < -0.39 is 12.2 Å². The van der Waals surface area contributed by atoms with Crippen molar-refractivity contribution in [2.45, 2.75) is 12.2 Å². The zero-order valence-corrected chi connectivity index (χ0v) is 12.5. The van der Waals surface area contributed by atoms with Crippen molar-refractivity contribution in [3.8, 4) is 5.75 Å². The van der Waals surface area contributed by atoms with Gasteiger partial charge in [-0.1, -0.05) is 15.9 Å². The third kappa shape index (κ3) is 7.49. The van der Waals surface area contributed by atoms with Gasteiger partial charge in [-0.05, 0) is 24.3 Å². The summed E-state index contributed by atoms with van der Waals surface area (Å²) in [5, 5.41) is 22.0. The lowest BCUT2D eigenvalue weighted by atomic mass is 10.3. The predicted octanol–water partition coefficient (Wildman–Crippen LogP) is 0.786. The summed E-state index contributed by atoms with van der Waals surface area (Å²) in [7, 11) is 1.53. The van der Waals surface area contributed by atoms with E-state index in [1.54, 1.807) is 0 Å². The van der Waals surface area contributed by atoms with Crippen LogP contribution in [0.25, 0.3) is 0 Å². The van der Waals surface area contributed by atoms with Crippen LogP contribution in [-0.2, 0) is 4.74 Å². The molecular formula is C13H20BrNO4. The average molecular weight is 334 g/mol. The van der Waals surface area contributed by atoms with Crippen molar-refractivity contribution >= 4 is 15.9 Å². The maximum absolute atomic E-state index is 9.70. The Morgan fingerprint density at radius 2 is 1.68 bits per heavy atom. The number of hydrogen-bond acceptors (Lipinski definition) is 5. The molecule has 0 saturated heterocycles. The van der Waals surface area contributed by atoms with Crippen molar-refractivity contribution in [1.29, 1.82) is 0 Å². The minimum absolute atomic E-state index is 0.203. The fourth-order valence-corrected chi connectivity index (χ4v) is 1.71. The number of methoxy groups -OCH3 is 1. The predicted molar refractivity (Wildman–Crippen MR) is 76.4 cm³/mol. The zero-order chi connectivity index (χ0) is 14.1. The van der Waals surface area contributed by atoms with Crippen LogP contribution < -0.4 is 10.1 Å². The zero-order valence-electron chi connectivity index (χ0n) is 10.9. The lowest BCUT2D eigenvalue weighted by Gasteiger charge is -2.15. The smallest absolute Gasteiger partial charge is 0.119 e. The van der Waals surface area contributed by atoms with Gasteiger partial charge in [-0.2, -0.15) is 0 Å². The Balaban J connectivity index is 2.14. The van der Waals surface area contributed by atoms with Crippen LogP contribution in [0.4, 0.5) is 0 Å². The normalized spacial score (nSPS) is 14.1. The summed E-state index contributed by atoms with van der Waals surface area (Å²) < 4.78 is 11.2. The summed E-state index contributed by atoms with van der Waals surface area (Å²) in [5.74, 6) is 0.710. The minimum Gasteiger partial charge on any atom is -0.491 e. The van der Waals surface area contributed by atoms with Crippen molar-refractivity contribution < 1.29 is 19.7 Å². The summed E-state index contributed by atoms with van der Waals surface area (Å²) >= 11 is 3.34. The van der Waals surface area contributed by atoms with Gasteiger partial charge in [-0.3, -0.25) is 0 Å². The van der Waals surface area contributed by atoms with Crippen LogP contribution in [0.5, 0.6) is 5.75 Å². The molecule has 1 rings (SSSR count). The SMILES string of the molecule is COCC(O)CNCC(O)COc1ccc(Br)cc1. The number of aliphatic hydroxyl groups excluding tert-OH is 2. The molecule has 0 radical (unpaired) electrons. The summed E-state index contributed by atoms with van der Waals surface area (Å²) in [4.78, 5) is 0. The van der Waals surface area contributed by atoms with Gasteiger partial charge in [-0.25, -0.2) is 0 Å². The van der Waals surface area contributed by atoms with Gasteiger partial charge in [0.25, 0.3) is 0 Å². The topological polar surface area (TPSA) is 71.0 Å². The Labute approximate surface area is 121 Å². The molecule has 0 bridgehead atoms. The van der Waals surface area contributed by atoms with Crippen LogP contribution in [0, 0.1) is 0 Å². The van der Waals surface area contributed by atoms with Gasteiger partial charge >= 0.3 is 0 Å². The van der Waals surface area contributed by atoms with Gasteiger partial charge in [-0.15, -0.1) is 0 Å². The van der Waals surface area contributed by atoms with Gasteiger partial charge in [0.15, 0.2) is 0 Å². The van der Waals surface area contributed by atoms with E-state index in [1.165, 1.54) is 7.11 Å². The molecule has 5 nitrogen and oxygen atoms in total. The van der Waals surface area contributed by atoms with Crippen LogP contribution in [0.15, 0.2) is 28.7 Å². The molecule has 0 heterocycles. The number of rotatable bonds is 9. The molecule has 0 aliphatic rings. The van der Waals surface area contributed by atoms with E-state index in [0.717, 1.165) is 4.47 Å². The van der Waals surface area contributed by atoms with E-state index in [1.807, 2.05) is 24.3 Å². The first-order valence-electron chi connectivity index (χ1n) is 6.06. The molecule has 0 fully saturated rings. The Bertz CT molecular complexity index is 347. The van der Waals surface area contributed by atoms with Gasteiger partial charge in [0.05, 0.1) is 12.7 Å². The Hall–Kier alpha value is -0.660. The molecule has 108 valence electrons. The standard InChI is InChI=1S/C13H20BrNO4/c1-18-8-11(16)6-15-7-12(17)9-19-13-4-2-10(14)3-5-13/h2-5,11-12,15-17H,6-9H2,1H3. The molecule has 0 amide bonds. The molecule has 0 aromatic heterocycles. The molecule has 0 spiro atoms. The average Bonchev–Trinajstić information content (AvgIpc) is 2.38. The van der Waals surface area contributed by atoms with Crippen LogP contribution in [0.2, 0.25) is 0 Å². The van der Waals surface area contributed by atoms with Crippen molar-refractivity contribution in [2.24, 2.45) is 0 Å². The van der Waals surface area contributed by atoms with E-state index in [2.05, 4.69) is 21.2 Å². The van der Waals surface area contributed by atoms with E-state index in [0.29, 0.717) is 18.8 Å². The number of benzene rings is 1. The Morgan fingerprint density at radius 3 is 2.26 bits per heavy atom. The minimum atomic E-state index is -0.626. The maximum Gasteiger partial charge on any atom is 0.119 e. The van der Waals surface area contributed by atoms with Crippen molar-refractivity contribution in [1.82, 2.24) is 5.32 Å². The molecule has 19 heavy (non-hydrogen) atoms. The number of ether oxygens (including phenoxy) is 2. The third-order valence-electron chi connectivity index (χ3n) is 2.38. The highest BCUT2D eigenvalue weighted by molar-refractivity contribution is 9.10. The fourth-order valence-electron chi connectivity index (χ4n) is 1.45. The summed E-state index contributed by atoms with van der Waals surface area (Å²) in [6.07, 6.45) is -1.19. The molecule has 2 atom stereocenters. The fraction of sp³-hybridized carbons (Fsp3) is 0.538. The highest BCUT2D eigenvalue weighted by atomic mass is 79.9. The second kappa shape index (κ2) is 9.28. The summed E-state index contributed by atoms with van der Waals surface area (Å²) in [6, 6.07) is 7.40. The Kier molecular flexibility index (Phi) is 8.00. The molecule has 1 aromatic rings. The number of aliphatic hydroxyl groups is 2. The first-order valence-corrected chi connectivity index (χ1v) is 6.85. The lowest BCUT2D eigenvalue weighted by Crippen LogP contribution is -2.37. The summed E-state index contributed by atoms with van der Waals surface area (Å²) in [6.45, 7) is 1.22. The lowest BCUT2D eigenvalue weighted by molar-refractivity contribution is 0.0582. The van der Waals surface area contributed by atoms with Crippen LogP contribution in [-0.4, -0.2) is 55.8 Å². The first kappa shape index (κ1) is 16.4. The van der Waals surface area contributed by atoms with E-state index in [9.17, 15) is 10.2 Å². The number of nitrogens with one attached hydrogen (secondary N) is 1.